The Hall–Kier alpha value is -2.02. The molecule has 0 radical (unpaired) electrons. The van der Waals surface area contributed by atoms with Gasteiger partial charge in [0, 0.05) is 5.69 Å². The van der Waals surface area contributed by atoms with E-state index in [0.717, 1.165) is 0 Å². The number of hydrogen-bond donors (Lipinski definition) is 2. The van der Waals surface area contributed by atoms with Crippen LogP contribution in [0.4, 0.5) is 5.69 Å². The van der Waals surface area contributed by atoms with Crippen LogP contribution in [0.3, 0.4) is 0 Å². The van der Waals surface area contributed by atoms with Gasteiger partial charge in [0.25, 0.3) is 0 Å². The lowest BCUT2D eigenvalue weighted by Crippen LogP contribution is -2.34. The van der Waals surface area contributed by atoms with Crippen molar-refractivity contribution in [2.24, 2.45) is 0 Å². The number of amides is 2. The molecule has 2 rings (SSSR count). The van der Waals surface area contributed by atoms with Gasteiger partial charge in [-0.15, -0.1) is 11.8 Å². The second-order valence-corrected chi connectivity index (χ2v) is 4.96. The molecule has 0 aliphatic carbocycles. The van der Waals surface area contributed by atoms with Crippen molar-refractivity contribution in [2.75, 3.05) is 23.5 Å². The zero-order chi connectivity index (χ0) is 13.8. The van der Waals surface area contributed by atoms with E-state index in [0.29, 0.717) is 17.3 Å². The van der Waals surface area contributed by atoms with Crippen LogP contribution in [0.2, 0.25) is 0 Å². The summed E-state index contributed by atoms with van der Waals surface area (Å²) in [6.45, 7) is -0.0108. The third kappa shape index (κ3) is 3.47. The lowest BCUT2D eigenvalue weighted by Gasteiger charge is -2.14. The van der Waals surface area contributed by atoms with Crippen LogP contribution in [-0.4, -0.2) is 46.0 Å². The minimum Gasteiger partial charge on any atom is -0.478 e. The molecule has 1 fully saturated rings. The number of thioether (sulfide) groups is 1. The molecule has 100 valence electrons. The van der Waals surface area contributed by atoms with E-state index < -0.39 is 5.97 Å². The van der Waals surface area contributed by atoms with Gasteiger partial charge in [0.05, 0.1) is 17.2 Å². The summed E-state index contributed by atoms with van der Waals surface area (Å²) in [7, 11) is 0. The summed E-state index contributed by atoms with van der Waals surface area (Å²) in [5.74, 6) is -0.525. The van der Waals surface area contributed by atoms with E-state index in [9.17, 15) is 14.4 Å². The van der Waals surface area contributed by atoms with Crippen LogP contribution in [0.15, 0.2) is 24.3 Å². The summed E-state index contributed by atoms with van der Waals surface area (Å²) in [5.41, 5.74) is 0.509. The Morgan fingerprint density at radius 3 is 2.84 bits per heavy atom. The van der Waals surface area contributed by atoms with Gasteiger partial charge in [-0.2, -0.15) is 0 Å². The Kier molecular flexibility index (Phi) is 4.06. The molecule has 19 heavy (non-hydrogen) atoms. The van der Waals surface area contributed by atoms with Crippen molar-refractivity contribution >= 4 is 35.2 Å². The van der Waals surface area contributed by atoms with E-state index in [1.807, 2.05) is 0 Å². The molecular weight excluding hydrogens is 268 g/mol. The molecule has 7 heteroatoms. The molecule has 6 nitrogen and oxygen atoms in total. The van der Waals surface area contributed by atoms with E-state index in [1.54, 1.807) is 12.1 Å². The van der Waals surface area contributed by atoms with Gasteiger partial charge >= 0.3 is 5.97 Å². The number of aromatic carboxylic acids is 1. The Bertz CT molecular complexity index is 532. The van der Waals surface area contributed by atoms with E-state index in [-0.39, 0.29) is 23.9 Å². The first-order valence-corrected chi connectivity index (χ1v) is 6.70. The van der Waals surface area contributed by atoms with Crippen LogP contribution < -0.4 is 5.32 Å². The molecule has 0 unspecified atom stereocenters. The van der Waals surface area contributed by atoms with Gasteiger partial charge < -0.3 is 15.3 Å². The number of carbonyl (C=O) groups excluding carboxylic acids is 2. The first-order valence-electron chi connectivity index (χ1n) is 5.55. The smallest absolute Gasteiger partial charge is 0.335 e. The number of hydrogen-bond acceptors (Lipinski definition) is 4. The highest BCUT2D eigenvalue weighted by atomic mass is 32.2. The quantitative estimate of drug-likeness (QED) is 0.854. The molecule has 2 amide bonds. The predicted molar refractivity (Wildman–Crippen MR) is 71.1 cm³/mol. The van der Waals surface area contributed by atoms with Crippen molar-refractivity contribution in [3.8, 4) is 0 Å². The Labute approximate surface area is 113 Å². The fourth-order valence-corrected chi connectivity index (χ4v) is 2.55. The van der Waals surface area contributed by atoms with Gasteiger partial charge in [-0.05, 0) is 18.2 Å². The third-order valence-corrected chi connectivity index (χ3v) is 3.50. The molecule has 1 saturated heterocycles. The Morgan fingerprint density at radius 2 is 2.21 bits per heavy atom. The minimum absolute atomic E-state index is 0.0108. The largest absolute Gasteiger partial charge is 0.478 e. The third-order valence-electron chi connectivity index (χ3n) is 2.55. The van der Waals surface area contributed by atoms with Crippen LogP contribution in [0, 0.1) is 0 Å². The molecular formula is C12H12N2O4S. The van der Waals surface area contributed by atoms with E-state index in [4.69, 9.17) is 5.11 Å². The average molecular weight is 280 g/mol. The molecule has 1 aromatic rings. The number of carbonyl (C=O) groups is 3. The summed E-state index contributed by atoms with van der Waals surface area (Å²) >= 11 is 1.46. The van der Waals surface area contributed by atoms with Crippen LogP contribution in [0.1, 0.15) is 10.4 Å². The summed E-state index contributed by atoms with van der Waals surface area (Å²) in [4.78, 5) is 35.3. The van der Waals surface area contributed by atoms with Gasteiger partial charge in [-0.25, -0.2) is 4.79 Å². The Morgan fingerprint density at radius 1 is 1.42 bits per heavy atom. The average Bonchev–Trinajstić information content (AvgIpc) is 2.75. The molecule has 1 aliphatic rings. The highest BCUT2D eigenvalue weighted by molar-refractivity contribution is 8.00. The maximum atomic E-state index is 11.7. The maximum Gasteiger partial charge on any atom is 0.335 e. The second kappa shape index (κ2) is 5.75. The molecule has 0 bridgehead atoms. The van der Waals surface area contributed by atoms with Gasteiger partial charge in [-0.1, -0.05) is 6.07 Å². The highest BCUT2D eigenvalue weighted by Crippen LogP contribution is 2.15. The van der Waals surface area contributed by atoms with Crippen molar-refractivity contribution in [1.82, 2.24) is 4.90 Å². The molecule has 0 aromatic heterocycles. The summed E-state index contributed by atoms with van der Waals surface area (Å²) in [6.07, 6.45) is 0. The maximum absolute atomic E-state index is 11.7. The SMILES string of the molecule is O=C(CN1CSCC1=O)Nc1cccc(C(=O)O)c1. The lowest BCUT2D eigenvalue weighted by molar-refractivity contribution is -0.130. The van der Waals surface area contributed by atoms with E-state index in [2.05, 4.69) is 5.32 Å². The van der Waals surface area contributed by atoms with Crippen LogP contribution in [-0.2, 0) is 9.59 Å². The zero-order valence-corrected chi connectivity index (χ0v) is 10.8. The van der Waals surface area contributed by atoms with Crippen molar-refractivity contribution in [3.63, 3.8) is 0 Å². The molecule has 0 spiro atoms. The summed E-state index contributed by atoms with van der Waals surface area (Å²) in [6, 6.07) is 5.97. The number of nitrogens with one attached hydrogen (secondary N) is 1. The van der Waals surface area contributed by atoms with Crippen molar-refractivity contribution in [3.05, 3.63) is 29.8 Å². The van der Waals surface area contributed by atoms with Crippen LogP contribution in [0.25, 0.3) is 0 Å². The van der Waals surface area contributed by atoms with Crippen molar-refractivity contribution in [1.29, 1.82) is 0 Å². The molecule has 1 aliphatic heterocycles. The Balaban J connectivity index is 1.97. The normalized spacial score (nSPS) is 14.5. The lowest BCUT2D eigenvalue weighted by atomic mass is 10.2. The van der Waals surface area contributed by atoms with Gasteiger partial charge in [0.1, 0.15) is 6.54 Å². The molecule has 0 saturated carbocycles. The monoisotopic (exact) mass is 280 g/mol. The number of rotatable bonds is 4. The summed E-state index contributed by atoms with van der Waals surface area (Å²) in [5, 5.41) is 11.4. The van der Waals surface area contributed by atoms with Gasteiger partial charge in [0.15, 0.2) is 0 Å². The number of nitrogens with zero attached hydrogens (tertiary/aromatic N) is 1. The molecule has 0 atom stereocenters. The topological polar surface area (TPSA) is 86.7 Å². The minimum atomic E-state index is -1.05. The van der Waals surface area contributed by atoms with E-state index in [1.165, 1.54) is 28.8 Å². The van der Waals surface area contributed by atoms with E-state index >= 15 is 0 Å². The fraction of sp³-hybridized carbons (Fsp3) is 0.250. The summed E-state index contributed by atoms with van der Waals surface area (Å²) < 4.78 is 0. The highest BCUT2D eigenvalue weighted by Gasteiger charge is 2.22. The van der Waals surface area contributed by atoms with Gasteiger partial charge in [0.2, 0.25) is 11.8 Å². The van der Waals surface area contributed by atoms with Crippen molar-refractivity contribution < 1.29 is 19.5 Å². The number of benzene rings is 1. The number of carboxylic acids is 1. The van der Waals surface area contributed by atoms with Crippen LogP contribution >= 0.6 is 11.8 Å². The standard InChI is InChI=1S/C12H12N2O4S/c15-10(5-14-7-19-6-11(14)16)13-9-3-1-2-8(4-9)12(17)18/h1-4H,5-7H2,(H,13,15)(H,17,18). The molecule has 2 N–H and O–H groups in total. The molecule has 1 heterocycles. The van der Waals surface area contributed by atoms with Crippen LogP contribution in [0.5, 0.6) is 0 Å². The second-order valence-electron chi connectivity index (χ2n) is 4.00. The first-order chi connectivity index (χ1) is 9.06. The van der Waals surface area contributed by atoms with Gasteiger partial charge in [-0.3, -0.25) is 9.59 Å². The first kappa shape index (κ1) is 13.4. The number of carboxylic acid groups (broad SMARTS) is 1. The predicted octanol–water partition coefficient (Wildman–Crippen LogP) is 0.856. The zero-order valence-electron chi connectivity index (χ0n) is 9.96. The number of anilines is 1. The van der Waals surface area contributed by atoms with Crippen molar-refractivity contribution in [2.45, 2.75) is 0 Å². The fourth-order valence-electron chi connectivity index (χ4n) is 1.64. The molecule has 1 aromatic carbocycles.